The third-order valence-electron chi connectivity index (χ3n) is 5.34. The van der Waals surface area contributed by atoms with E-state index in [1.54, 1.807) is 12.1 Å². The lowest BCUT2D eigenvalue weighted by Gasteiger charge is -2.31. The molecule has 1 saturated heterocycles. The molecule has 180 valence electrons. The number of nitrogens with zero attached hydrogens (tertiary/aromatic N) is 1. The van der Waals surface area contributed by atoms with Crippen molar-refractivity contribution in [3.05, 3.63) is 42.0 Å². The fourth-order valence-electron chi connectivity index (χ4n) is 3.55. The first-order valence-electron chi connectivity index (χ1n) is 11.8. The van der Waals surface area contributed by atoms with Gasteiger partial charge in [0.15, 0.2) is 0 Å². The van der Waals surface area contributed by atoms with E-state index < -0.39 is 0 Å². The second-order valence-corrected chi connectivity index (χ2v) is 8.29. The average Bonchev–Trinajstić information content (AvgIpc) is 2.81. The number of hydrogen-bond acceptors (Lipinski definition) is 6. The van der Waals surface area contributed by atoms with Gasteiger partial charge in [-0.1, -0.05) is 13.8 Å². The van der Waals surface area contributed by atoms with Crippen molar-refractivity contribution in [2.24, 2.45) is 5.92 Å². The molecule has 0 aliphatic carbocycles. The summed E-state index contributed by atoms with van der Waals surface area (Å²) in [6, 6.07) is 11.0. The van der Waals surface area contributed by atoms with Crippen LogP contribution in [0.15, 0.2) is 36.4 Å². The average molecular weight is 457 g/mol. The van der Waals surface area contributed by atoms with E-state index >= 15 is 0 Å². The van der Waals surface area contributed by atoms with Gasteiger partial charge >= 0.3 is 0 Å². The molecule has 7 nitrogen and oxygen atoms in total. The molecule has 0 saturated carbocycles. The van der Waals surface area contributed by atoms with Crippen LogP contribution in [0.3, 0.4) is 0 Å². The van der Waals surface area contributed by atoms with Crippen molar-refractivity contribution in [1.82, 2.24) is 0 Å². The molecule has 0 unspecified atom stereocenters. The third-order valence-corrected chi connectivity index (χ3v) is 5.34. The molecule has 0 bridgehead atoms. The van der Waals surface area contributed by atoms with Gasteiger partial charge in [-0.05, 0) is 50.5 Å². The number of benzene rings is 2. The molecule has 1 aliphatic heterocycles. The van der Waals surface area contributed by atoms with Crippen molar-refractivity contribution in [1.29, 1.82) is 0 Å². The van der Waals surface area contributed by atoms with Crippen LogP contribution in [0.4, 0.5) is 11.4 Å². The van der Waals surface area contributed by atoms with Crippen molar-refractivity contribution >= 4 is 17.3 Å². The number of hydrogen-bond donors (Lipinski definition) is 1. The number of amides is 1. The first kappa shape index (κ1) is 24.7. The Kier molecular flexibility index (Phi) is 9.24. The molecule has 0 radical (unpaired) electrons. The number of carbonyl (C=O) groups excluding carboxylic acids is 1. The van der Waals surface area contributed by atoms with E-state index in [1.807, 2.05) is 38.1 Å². The molecule has 0 aromatic heterocycles. The minimum absolute atomic E-state index is 0.216. The lowest BCUT2D eigenvalue weighted by atomic mass is 10.1. The maximum absolute atomic E-state index is 13.0. The summed E-state index contributed by atoms with van der Waals surface area (Å²) in [4.78, 5) is 15.2. The van der Waals surface area contributed by atoms with Gasteiger partial charge in [0.05, 0.1) is 44.4 Å². The lowest BCUT2D eigenvalue weighted by Crippen LogP contribution is -2.36. The van der Waals surface area contributed by atoms with E-state index in [2.05, 4.69) is 24.1 Å². The van der Waals surface area contributed by atoms with Crippen LogP contribution in [0.2, 0.25) is 0 Å². The third kappa shape index (κ3) is 7.02. The largest absolute Gasteiger partial charge is 0.494 e. The maximum Gasteiger partial charge on any atom is 0.255 e. The van der Waals surface area contributed by atoms with E-state index in [1.165, 1.54) is 0 Å². The minimum atomic E-state index is -0.216. The number of nitrogens with one attached hydrogen (secondary N) is 1. The fourth-order valence-corrected chi connectivity index (χ4v) is 3.55. The van der Waals surface area contributed by atoms with Gasteiger partial charge in [0.1, 0.15) is 17.2 Å². The van der Waals surface area contributed by atoms with Gasteiger partial charge in [-0.15, -0.1) is 0 Å². The number of morpholine rings is 1. The highest BCUT2D eigenvalue weighted by molar-refractivity contribution is 6.05. The van der Waals surface area contributed by atoms with E-state index in [-0.39, 0.29) is 5.91 Å². The van der Waals surface area contributed by atoms with Crippen LogP contribution in [0.5, 0.6) is 17.2 Å². The Labute approximate surface area is 197 Å². The summed E-state index contributed by atoms with van der Waals surface area (Å²) >= 11 is 0. The number of anilines is 2. The predicted octanol–water partition coefficient (Wildman–Crippen LogP) is 5.00. The molecule has 2 aromatic carbocycles. The van der Waals surface area contributed by atoms with Crippen LogP contribution >= 0.6 is 0 Å². The van der Waals surface area contributed by atoms with Gasteiger partial charge in [-0.25, -0.2) is 0 Å². The Hall–Kier alpha value is -2.93. The zero-order valence-electron chi connectivity index (χ0n) is 20.2. The summed E-state index contributed by atoms with van der Waals surface area (Å²) < 4.78 is 23.0. The number of carbonyl (C=O) groups is 1. The molecule has 33 heavy (non-hydrogen) atoms. The van der Waals surface area contributed by atoms with Crippen LogP contribution in [0.25, 0.3) is 0 Å². The number of ether oxygens (including phenoxy) is 4. The molecule has 1 aliphatic rings. The maximum atomic E-state index is 13.0. The van der Waals surface area contributed by atoms with Gasteiger partial charge < -0.3 is 29.2 Å². The Morgan fingerprint density at radius 1 is 1.00 bits per heavy atom. The molecular weight excluding hydrogens is 420 g/mol. The van der Waals surface area contributed by atoms with E-state index in [9.17, 15) is 4.79 Å². The Morgan fingerprint density at radius 3 is 2.30 bits per heavy atom. The summed E-state index contributed by atoms with van der Waals surface area (Å²) in [5.41, 5.74) is 2.08. The van der Waals surface area contributed by atoms with Crippen LogP contribution < -0.4 is 24.4 Å². The zero-order valence-corrected chi connectivity index (χ0v) is 20.2. The molecule has 7 heteroatoms. The van der Waals surface area contributed by atoms with Crippen LogP contribution in [0.1, 0.15) is 44.5 Å². The van der Waals surface area contributed by atoms with Gasteiger partial charge in [0.2, 0.25) is 0 Å². The molecule has 0 atom stereocenters. The summed E-state index contributed by atoms with van der Waals surface area (Å²) in [6.07, 6.45) is 0.991. The first-order valence-corrected chi connectivity index (χ1v) is 11.8. The molecule has 1 fully saturated rings. The standard InChI is InChI=1S/C26H36N2O5/c1-5-31-24-18-23(28-12-15-30-16-13-28)25(32-6-2)17-22(24)27-26(29)20-7-9-21(10-8-20)33-14-11-19(3)4/h7-10,17-19H,5-6,11-16H2,1-4H3,(H,27,29). The monoisotopic (exact) mass is 456 g/mol. The Bertz CT molecular complexity index is 892. The fraction of sp³-hybridized carbons (Fsp3) is 0.500. The Morgan fingerprint density at radius 2 is 1.67 bits per heavy atom. The van der Waals surface area contributed by atoms with Crippen molar-refractivity contribution in [2.75, 3.05) is 56.3 Å². The zero-order chi connectivity index (χ0) is 23.6. The van der Waals surface area contributed by atoms with Gasteiger partial charge in [-0.2, -0.15) is 0 Å². The molecular formula is C26H36N2O5. The predicted molar refractivity (Wildman–Crippen MR) is 131 cm³/mol. The summed E-state index contributed by atoms with van der Waals surface area (Å²) in [5, 5.41) is 2.99. The van der Waals surface area contributed by atoms with Crippen molar-refractivity contribution in [2.45, 2.75) is 34.1 Å². The Balaban J connectivity index is 1.78. The molecule has 2 aromatic rings. The highest BCUT2D eigenvalue weighted by atomic mass is 16.5. The van der Waals surface area contributed by atoms with Crippen LogP contribution in [-0.2, 0) is 4.74 Å². The summed E-state index contributed by atoms with van der Waals surface area (Å²) in [7, 11) is 0. The number of rotatable bonds is 11. The summed E-state index contributed by atoms with van der Waals surface area (Å²) in [6.45, 7) is 12.8. The lowest BCUT2D eigenvalue weighted by molar-refractivity contribution is 0.102. The van der Waals surface area contributed by atoms with Crippen molar-refractivity contribution < 1.29 is 23.7 Å². The molecule has 1 amide bonds. The second-order valence-electron chi connectivity index (χ2n) is 8.29. The SMILES string of the molecule is CCOc1cc(N2CCOCC2)c(OCC)cc1NC(=O)c1ccc(OCCC(C)C)cc1. The van der Waals surface area contributed by atoms with Crippen LogP contribution in [-0.4, -0.2) is 52.0 Å². The summed E-state index contributed by atoms with van der Waals surface area (Å²) in [5.74, 6) is 2.46. The normalized spacial score (nSPS) is 13.7. The molecule has 0 spiro atoms. The smallest absolute Gasteiger partial charge is 0.255 e. The van der Waals surface area contributed by atoms with Gasteiger partial charge in [0.25, 0.3) is 5.91 Å². The second kappa shape index (κ2) is 12.3. The minimum Gasteiger partial charge on any atom is -0.494 e. The van der Waals surface area contributed by atoms with E-state index in [4.69, 9.17) is 18.9 Å². The van der Waals surface area contributed by atoms with E-state index in [0.717, 1.165) is 30.9 Å². The highest BCUT2D eigenvalue weighted by Crippen LogP contribution is 2.39. The van der Waals surface area contributed by atoms with Gasteiger partial charge in [-0.3, -0.25) is 4.79 Å². The van der Waals surface area contributed by atoms with E-state index in [0.29, 0.717) is 61.7 Å². The quantitative estimate of drug-likeness (QED) is 0.513. The molecule has 3 rings (SSSR count). The topological polar surface area (TPSA) is 69.3 Å². The van der Waals surface area contributed by atoms with Crippen LogP contribution in [0, 0.1) is 5.92 Å². The highest BCUT2D eigenvalue weighted by Gasteiger charge is 2.20. The van der Waals surface area contributed by atoms with Crippen molar-refractivity contribution in [3.63, 3.8) is 0 Å². The van der Waals surface area contributed by atoms with Gasteiger partial charge in [0, 0.05) is 30.8 Å². The van der Waals surface area contributed by atoms with Crippen molar-refractivity contribution in [3.8, 4) is 17.2 Å². The molecule has 1 N–H and O–H groups in total. The molecule has 1 heterocycles. The first-order chi connectivity index (χ1) is 16.0.